The van der Waals surface area contributed by atoms with Gasteiger partial charge in [0.05, 0.1) is 5.52 Å². The lowest BCUT2D eigenvalue weighted by Crippen LogP contribution is -2.14. The molecule has 0 spiro atoms. The first-order valence-corrected chi connectivity index (χ1v) is 5.40. The Labute approximate surface area is 97.3 Å². The van der Waals surface area contributed by atoms with Crippen LogP contribution in [0.25, 0.3) is 11.1 Å². The number of carboxylic acid groups (broad SMARTS) is 1. The molecule has 0 aliphatic heterocycles. The fourth-order valence-electron chi connectivity index (χ4n) is 1.77. The second kappa shape index (κ2) is 4.45. The number of aryl methyl sites for hydroxylation is 2. The van der Waals surface area contributed by atoms with Crippen molar-refractivity contribution >= 4 is 17.1 Å². The van der Waals surface area contributed by atoms with Crippen LogP contribution in [0.15, 0.2) is 27.4 Å². The van der Waals surface area contributed by atoms with E-state index in [9.17, 15) is 9.59 Å². The van der Waals surface area contributed by atoms with Crippen LogP contribution in [0, 0.1) is 6.92 Å². The Morgan fingerprint density at radius 1 is 1.47 bits per heavy atom. The highest BCUT2D eigenvalue weighted by molar-refractivity contribution is 5.73. The van der Waals surface area contributed by atoms with Crippen LogP contribution in [0.5, 0.6) is 0 Å². The summed E-state index contributed by atoms with van der Waals surface area (Å²) in [7, 11) is 0. The molecule has 5 nitrogen and oxygen atoms in total. The number of rotatable bonds is 4. The molecule has 0 bridgehead atoms. The fourth-order valence-corrected chi connectivity index (χ4v) is 1.77. The number of oxazole rings is 1. The zero-order chi connectivity index (χ0) is 12.4. The van der Waals surface area contributed by atoms with Gasteiger partial charge in [-0.1, -0.05) is 6.07 Å². The van der Waals surface area contributed by atoms with Crippen molar-refractivity contribution in [3.8, 4) is 0 Å². The predicted molar refractivity (Wildman–Crippen MR) is 62.1 cm³/mol. The molecule has 1 heterocycles. The van der Waals surface area contributed by atoms with Gasteiger partial charge in [-0.15, -0.1) is 0 Å². The molecule has 0 fully saturated rings. The summed E-state index contributed by atoms with van der Waals surface area (Å²) in [5, 5.41) is 8.55. The minimum Gasteiger partial charge on any atom is -0.481 e. The molecule has 1 aromatic heterocycles. The van der Waals surface area contributed by atoms with Crippen molar-refractivity contribution in [3.05, 3.63) is 34.3 Å². The molecule has 17 heavy (non-hydrogen) atoms. The first kappa shape index (κ1) is 11.4. The molecule has 5 heteroatoms. The van der Waals surface area contributed by atoms with Gasteiger partial charge in [-0.3, -0.25) is 9.36 Å². The molecule has 90 valence electrons. The number of nitrogens with zero attached hydrogens (tertiary/aromatic N) is 1. The summed E-state index contributed by atoms with van der Waals surface area (Å²) in [6, 6.07) is 5.51. The Balaban J connectivity index is 2.30. The lowest BCUT2D eigenvalue weighted by Gasteiger charge is -2.00. The monoisotopic (exact) mass is 235 g/mol. The minimum atomic E-state index is -0.860. The van der Waals surface area contributed by atoms with E-state index in [1.165, 1.54) is 4.57 Å². The molecular formula is C12H13NO4. The largest absolute Gasteiger partial charge is 0.481 e. The van der Waals surface area contributed by atoms with Crippen molar-refractivity contribution in [2.45, 2.75) is 26.3 Å². The second-order valence-corrected chi connectivity index (χ2v) is 3.99. The summed E-state index contributed by atoms with van der Waals surface area (Å²) in [6.07, 6.45) is 0.461. The van der Waals surface area contributed by atoms with E-state index in [0.717, 1.165) is 5.56 Å². The normalized spacial score (nSPS) is 10.9. The van der Waals surface area contributed by atoms with Gasteiger partial charge in [-0.25, -0.2) is 4.79 Å². The molecule has 0 radical (unpaired) electrons. The van der Waals surface area contributed by atoms with Crippen LogP contribution in [0.2, 0.25) is 0 Å². The van der Waals surface area contributed by atoms with Crippen LogP contribution in [0.4, 0.5) is 0 Å². The van der Waals surface area contributed by atoms with Gasteiger partial charge in [-0.05, 0) is 31.0 Å². The van der Waals surface area contributed by atoms with E-state index in [1.54, 1.807) is 6.07 Å². The lowest BCUT2D eigenvalue weighted by molar-refractivity contribution is -0.137. The number of benzene rings is 1. The van der Waals surface area contributed by atoms with Gasteiger partial charge in [0.15, 0.2) is 5.58 Å². The van der Waals surface area contributed by atoms with Gasteiger partial charge in [0.2, 0.25) is 0 Å². The van der Waals surface area contributed by atoms with Crippen molar-refractivity contribution in [2.24, 2.45) is 0 Å². The topological polar surface area (TPSA) is 72.4 Å². The summed E-state index contributed by atoms with van der Waals surface area (Å²) in [6.45, 7) is 2.28. The Bertz CT molecular complexity index is 608. The van der Waals surface area contributed by atoms with Gasteiger partial charge in [-0.2, -0.15) is 0 Å². The Morgan fingerprint density at radius 2 is 2.24 bits per heavy atom. The van der Waals surface area contributed by atoms with Crippen LogP contribution in [-0.2, 0) is 11.3 Å². The fraction of sp³-hybridized carbons (Fsp3) is 0.333. The third-order valence-corrected chi connectivity index (χ3v) is 2.60. The Morgan fingerprint density at radius 3 is 2.94 bits per heavy atom. The maximum Gasteiger partial charge on any atom is 0.419 e. The van der Waals surface area contributed by atoms with Crippen molar-refractivity contribution in [3.63, 3.8) is 0 Å². The molecule has 0 saturated carbocycles. The number of carbonyl (C=O) groups is 1. The Kier molecular flexibility index (Phi) is 2.99. The van der Waals surface area contributed by atoms with Gasteiger partial charge >= 0.3 is 11.7 Å². The zero-order valence-electron chi connectivity index (χ0n) is 9.47. The molecule has 1 N–H and O–H groups in total. The van der Waals surface area contributed by atoms with Gasteiger partial charge < -0.3 is 9.52 Å². The number of hydrogen-bond acceptors (Lipinski definition) is 3. The van der Waals surface area contributed by atoms with Crippen molar-refractivity contribution in [1.29, 1.82) is 0 Å². The number of aliphatic carboxylic acids is 1. The van der Waals surface area contributed by atoms with Crippen molar-refractivity contribution in [2.75, 3.05) is 0 Å². The second-order valence-electron chi connectivity index (χ2n) is 3.99. The van der Waals surface area contributed by atoms with Crippen LogP contribution in [0.3, 0.4) is 0 Å². The molecule has 1 aromatic carbocycles. The molecule has 0 unspecified atom stereocenters. The molecular weight excluding hydrogens is 222 g/mol. The van der Waals surface area contributed by atoms with E-state index in [2.05, 4.69) is 0 Å². The van der Waals surface area contributed by atoms with Crippen LogP contribution < -0.4 is 5.76 Å². The zero-order valence-corrected chi connectivity index (χ0v) is 9.47. The van der Waals surface area contributed by atoms with Crippen LogP contribution in [-0.4, -0.2) is 15.6 Å². The van der Waals surface area contributed by atoms with E-state index in [0.29, 0.717) is 24.1 Å². The van der Waals surface area contributed by atoms with E-state index in [-0.39, 0.29) is 6.42 Å². The third kappa shape index (κ3) is 2.38. The highest BCUT2D eigenvalue weighted by Gasteiger charge is 2.09. The van der Waals surface area contributed by atoms with Crippen molar-refractivity contribution < 1.29 is 14.3 Å². The highest BCUT2D eigenvalue weighted by atomic mass is 16.4. The molecule has 2 rings (SSSR count). The number of carboxylic acids is 1. The summed E-state index contributed by atoms with van der Waals surface area (Å²) >= 11 is 0. The standard InChI is InChI=1S/C12H13NO4/c1-8-4-5-9-10(7-8)17-12(16)13(9)6-2-3-11(14)15/h4-5,7H,2-3,6H2,1H3,(H,14,15). The summed E-state index contributed by atoms with van der Waals surface area (Å²) in [5.41, 5.74) is 2.28. The third-order valence-electron chi connectivity index (χ3n) is 2.60. The van der Waals surface area contributed by atoms with Gasteiger partial charge in [0, 0.05) is 13.0 Å². The van der Waals surface area contributed by atoms with Crippen LogP contribution >= 0.6 is 0 Å². The smallest absolute Gasteiger partial charge is 0.419 e. The lowest BCUT2D eigenvalue weighted by atomic mass is 10.2. The highest BCUT2D eigenvalue weighted by Crippen LogP contribution is 2.15. The van der Waals surface area contributed by atoms with E-state index >= 15 is 0 Å². The molecule has 0 aliphatic carbocycles. The molecule has 0 amide bonds. The average Bonchev–Trinajstić information content (AvgIpc) is 2.54. The maximum atomic E-state index is 11.6. The Hall–Kier alpha value is -2.04. The molecule has 2 aromatic rings. The quantitative estimate of drug-likeness (QED) is 0.876. The summed E-state index contributed by atoms with van der Waals surface area (Å²) in [5.74, 6) is -1.29. The van der Waals surface area contributed by atoms with E-state index in [1.807, 2.05) is 19.1 Å². The van der Waals surface area contributed by atoms with Gasteiger partial charge in [0.25, 0.3) is 0 Å². The van der Waals surface area contributed by atoms with E-state index in [4.69, 9.17) is 9.52 Å². The van der Waals surface area contributed by atoms with Crippen LogP contribution in [0.1, 0.15) is 18.4 Å². The maximum absolute atomic E-state index is 11.6. The average molecular weight is 235 g/mol. The minimum absolute atomic E-state index is 0.0466. The SMILES string of the molecule is Cc1ccc2c(c1)oc(=O)n2CCCC(=O)O. The summed E-state index contributed by atoms with van der Waals surface area (Å²) in [4.78, 5) is 22.0. The van der Waals surface area contributed by atoms with Gasteiger partial charge in [0.1, 0.15) is 0 Å². The molecule has 0 saturated heterocycles. The number of aromatic nitrogens is 1. The first-order valence-electron chi connectivity index (χ1n) is 5.40. The molecule has 0 atom stereocenters. The summed E-state index contributed by atoms with van der Waals surface area (Å²) < 4.78 is 6.57. The molecule has 0 aliphatic rings. The first-order chi connectivity index (χ1) is 8.08. The van der Waals surface area contributed by atoms with Crippen molar-refractivity contribution in [1.82, 2.24) is 4.57 Å². The number of fused-ring (bicyclic) bond motifs is 1. The van der Waals surface area contributed by atoms with E-state index < -0.39 is 11.7 Å². The number of hydrogen-bond donors (Lipinski definition) is 1. The predicted octanol–water partition coefficient (Wildman–Crippen LogP) is 1.77.